The number of aliphatic carboxylic acids is 1. The van der Waals surface area contributed by atoms with Crippen LogP contribution in [0.15, 0.2) is 6.20 Å². The van der Waals surface area contributed by atoms with E-state index >= 15 is 0 Å². The van der Waals surface area contributed by atoms with Crippen LogP contribution in [0.3, 0.4) is 0 Å². The lowest BCUT2D eigenvalue weighted by molar-refractivity contribution is -0.137. The number of nitrogens with zero attached hydrogens (tertiary/aromatic N) is 4. The van der Waals surface area contributed by atoms with E-state index in [2.05, 4.69) is 10.3 Å². The smallest absolute Gasteiger partial charge is 0.303 e. The van der Waals surface area contributed by atoms with Gasteiger partial charge >= 0.3 is 5.97 Å². The van der Waals surface area contributed by atoms with E-state index in [4.69, 9.17) is 5.11 Å². The molecule has 0 saturated heterocycles. The summed E-state index contributed by atoms with van der Waals surface area (Å²) in [4.78, 5) is 23.8. The first kappa shape index (κ1) is 14.1. The molecule has 0 aliphatic carbocycles. The molecule has 1 amide bonds. The standard InChI is InChI=1S/C11H18N4O3/c1-8(2)14(3)10(16)7-15-6-9(12-13-15)4-5-11(17)18/h6,8H,4-5,7H2,1-3H3,(H,17,18). The zero-order chi connectivity index (χ0) is 13.7. The molecule has 0 aliphatic rings. The minimum Gasteiger partial charge on any atom is -0.481 e. The Balaban J connectivity index is 2.53. The van der Waals surface area contributed by atoms with Gasteiger partial charge in [0.25, 0.3) is 0 Å². The quantitative estimate of drug-likeness (QED) is 0.781. The fourth-order valence-corrected chi connectivity index (χ4v) is 1.30. The first-order chi connectivity index (χ1) is 8.40. The molecule has 7 heteroatoms. The van der Waals surface area contributed by atoms with Gasteiger partial charge in [0.05, 0.1) is 12.1 Å². The third-order valence-electron chi connectivity index (χ3n) is 2.65. The van der Waals surface area contributed by atoms with Crippen LogP contribution in [0.5, 0.6) is 0 Å². The molecular formula is C11H18N4O3. The van der Waals surface area contributed by atoms with Gasteiger partial charge in [-0.05, 0) is 13.8 Å². The van der Waals surface area contributed by atoms with E-state index in [9.17, 15) is 9.59 Å². The molecule has 0 atom stereocenters. The molecule has 1 rings (SSSR count). The van der Waals surface area contributed by atoms with E-state index in [0.29, 0.717) is 12.1 Å². The van der Waals surface area contributed by atoms with Crippen molar-refractivity contribution in [3.05, 3.63) is 11.9 Å². The lowest BCUT2D eigenvalue weighted by atomic mass is 10.2. The molecule has 1 heterocycles. The number of aryl methyl sites for hydroxylation is 1. The molecular weight excluding hydrogens is 236 g/mol. The molecule has 0 aromatic carbocycles. The van der Waals surface area contributed by atoms with E-state index in [1.54, 1.807) is 18.1 Å². The van der Waals surface area contributed by atoms with Gasteiger partial charge in [-0.15, -0.1) is 5.10 Å². The zero-order valence-corrected chi connectivity index (χ0v) is 10.8. The van der Waals surface area contributed by atoms with E-state index in [1.165, 1.54) is 4.68 Å². The number of hydrogen-bond donors (Lipinski definition) is 1. The molecule has 0 fully saturated rings. The van der Waals surface area contributed by atoms with Gasteiger partial charge in [-0.3, -0.25) is 9.59 Å². The maximum absolute atomic E-state index is 11.8. The highest BCUT2D eigenvalue weighted by atomic mass is 16.4. The first-order valence-electron chi connectivity index (χ1n) is 5.76. The fourth-order valence-electron chi connectivity index (χ4n) is 1.30. The van der Waals surface area contributed by atoms with Crippen molar-refractivity contribution >= 4 is 11.9 Å². The number of carboxylic acids is 1. The van der Waals surface area contributed by atoms with E-state index in [0.717, 1.165) is 0 Å². The zero-order valence-electron chi connectivity index (χ0n) is 10.8. The summed E-state index contributed by atoms with van der Waals surface area (Å²) in [6.07, 6.45) is 1.94. The Morgan fingerprint density at radius 1 is 1.50 bits per heavy atom. The maximum Gasteiger partial charge on any atom is 0.303 e. The van der Waals surface area contributed by atoms with Crippen molar-refractivity contribution in [3.63, 3.8) is 0 Å². The Hall–Kier alpha value is -1.92. The highest BCUT2D eigenvalue weighted by molar-refractivity contribution is 5.75. The van der Waals surface area contributed by atoms with E-state index < -0.39 is 5.97 Å². The summed E-state index contributed by atoms with van der Waals surface area (Å²) >= 11 is 0. The minimum absolute atomic E-state index is 0.0124. The summed E-state index contributed by atoms with van der Waals surface area (Å²) in [7, 11) is 1.73. The number of amides is 1. The Bertz CT molecular complexity index is 428. The lowest BCUT2D eigenvalue weighted by Gasteiger charge is -2.20. The van der Waals surface area contributed by atoms with Crippen molar-refractivity contribution in [2.24, 2.45) is 0 Å². The SMILES string of the molecule is CC(C)N(C)C(=O)Cn1cc(CCC(=O)O)nn1. The fraction of sp³-hybridized carbons (Fsp3) is 0.636. The van der Waals surface area contributed by atoms with Crippen LogP contribution in [0.4, 0.5) is 0 Å². The minimum atomic E-state index is -0.875. The van der Waals surface area contributed by atoms with Gasteiger partial charge < -0.3 is 10.0 Å². The molecule has 18 heavy (non-hydrogen) atoms. The Morgan fingerprint density at radius 2 is 2.17 bits per heavy atom. The normalized spacial score (nSPS) is 10.7. The molecule has 1 N–H and O–H groups in total. The van der Waals surface area contributed by atoms with Crippen molar-refractivity contribution in [2.75, 3.05) is 7.05 Å². The van der Waals surface area contributed by atoms with Gasteiger partial charge in [0, 0.05) is 25.7 Å². The Morgan fingerprint density at radius 3 is 2.72 bits per heavy atom. The van der Waals surface area contributed by atoms with Crippen LogP contribution in [0, 0.1) is 0 Å². The number of rotatable bonds is 6. The van der Waals surface area contributed by atoms with Crippen molar-refractivity contribution < 1.29 is 14.7 Å². The second kappa shape index (κ2) is 6.13. The predicted molar refractivity (Wildman–Crippen MR) is 63.9 cm³/mol. The second-order valence-corrected chi connectivity index (χ2v) is 4.40. The monoisotopic (exact) mass is 254 g/mol. The van der Waals surface area contributed by atoms with Crippen molar-refractivity contribution in [3.8, 4) is 0 Å². The third-order valence-corrected chi connectivity index (χ3v) is 2.65. The number of carboxylic acid groups (broad SMARTS) is 1. The number of aromatic nitrogens is 3. The highest BCUT2D eigenvalue weighted by Crippen LogP contribution is 2.00. The van der Waals surface area contributed by atoms with Gasteiger partial charge in [0.15, 0.2) is 0 Å². The average Bonchev–Trinajstić information content (AvgIpc) is 2.72. The lowest BCUT2D eigenvalue weighted by Crippen LogP contribution is -2.35. The van der Waals surface area contributed by atoms with Crippen LogP contribution in [0.1, 0.15) is 26.0 Å². The molecule has 0 saturated carbocycles. The Labute approximate surface area is 105 Å². The molecule has 1 aromatic heterocycles. The van der Waals surface area contributed by atoms with Crippen LogP contribution in [0.2, 0.25) is 0 Å². The summed E-state index contributed by atoms with van der Waals surface area (Å²) < 4.78 is 1.43. The first-order valence-corrected chi connectivity index (χ1v) is 5.76. The van der Waals surface area contributed by atoms with Crippen LogP contribution >= 0.6 is 0 Å². The summed E-state index contributed by atoms with van der Waals surface area (Å²) in [6, 6.07) is 0.132. The second-order valence-electron chi connectivity index (χ2n) is 4.40. The summed E-state index contributed by atoms with van der Waals surface area (Å²) in [5.74, 6) is -0.931. The van der Waals surface area contributed by atoms with Gasteiger partial charge in [-0.25, -0.2) is 4.68 Å². The molecule has 0 radical (unpaired) electrons. The number of likely N-dealkylation sites (N-methyl/N-ethyl adjacent to an activating group) is 1. The molecule has 0 aliphatic heterocycles. The van der Waals surface area contributed by atoms with Crippen LogP contribution < -0.4 is 0 Å². The van der Waals surface area contributed by atoms with Crippen molar-refractivity contribution in [1.82, 2.24) is 19.9 Å². The summed E-state index contributed by atoms with van der Waals surface area (Å²) in [5.41, 5.74) is 0.581. The third kappa shape index (κ3) is 4.15. The van der Waals surface area contributed by atoms with Gasteiger partial charge in [0.2, 0.25) is 5.91 Å². The molecule has 7 nitrogen and oxygen atoms in total. The van der Waals surface area contributed by atoms with Crippen molar-refractivity contribution in [1.29, 1.82) is 0 Å². The molecule has 0 spiro atoms. The summed E-state index contributed by atoms with van der Waals surface area (Å²) in [5, 5.41) is 16.2. The van der Waals surface area contributed by atoms with Crippen molar-refractivity contribution in [2.45, 2.75) is 39.3 Å². The number of carbonyl (C=O) groups is 2. The number of hydrogen-bond acceptors (Lipinski definition) is 4. The van der Waals surface area contributed by atoms with E-state index in [1.807, 2.05) is 13.8 Å². The highest BCUT2D eigenvalue weighted by Gasteiger charge is 2.13. The molecule has 1 aromatic rings. The van der Waals surface area contributed by atoms with Gasteiger partial charge in [0.1, 0.15) is 6.54 Å². The topological polar surface area (TPSA) is 88.3 Å². The van der Waals surface area contributed by atoms with Crippen LogP contribution in [-0.2, 0) is 22.6 Å². The van der Waals surface area contributed by atoms with Crippen LogP contribution in [-0.4, -0.2) is 50.0 Å². The molecule has 0 bridgehead atoms. The number of carbonyl (C=O) groups excluding carboxylic acids is 1. The van der Waals surface area contributed by atoms with Gasteiger partial charge in [-0.1, -0.05) is 5.21 Å². The average molecular weight is 254 g/mol. The molecule has 0 unspecified atom stereocenters. The van der Waals surface area contributed by atoms with E-state index in [-0.39, 0.29) is 24.9 Å². The van der Waals surface area contributed by atoms with Crippen LogP contribution in [0.25, 0.3) is 0 Å². The Kier molecular flexibility index (Phi) is 4.82. The molecule has 100 valence electrons. The summed E-state index contributed by atoms with van der Waals surface area (Å²) in [6.45, 7) is 3.98. The predicted octanol–water partition coefficient (Wildman–Crippen LogP) is 0.162. The maximum atomic E-state index is 11.8. The largest absolute Gasteiger partial charge is 0.481 e. The van der Waals surface area contributed by atoms with Gasteiger partial charge in [-0.2, -0.15) is 0 Å².